The molecule has 16 heavy (non-hydrogen) atoms. The predicted octanol–water partition coefficient (Wildman–Crippen LogP) is 0.847. The largest absolute Gasteiger partial charge is 0.329 e. The molecule has 0 aromatic heterocycles. The molecule has 0 bridgehead atoms. The molecule has 0 aromatic rings. The van der Waals surface area contributed by atoms with E-state index >= 15 is 0 Å². The molecule has 2 aliphatic rings. The Morgan fingerprint density at radius 3 is 2.81 bits per heavy atom. The van der Waals surface area contributed by atoms with Gasteiger partial charge in [0.2, 0.25) is 0 Å². The zero-order valence-electron chi connectivity index (χ0n) is 10.6. The second-order valence-corrected chi connectivity index (χ2v) is 6.32. The van der Waals surface area contributed by atoms with E-state index < -0.39 is 0 Å². The molecule has 0 amide bonds. The molecule has 0 aromatic carbocycles. The van der Waals surface area contributed by atoms with E-state index in [1.165, 1.54) is 44.0 Å². The second-order valence-electron chi connectivity index (χ2n) is 5.22. The van der Waals surface area contributed by atoms with Crippen molar-refractivity contribution in [1.29, 1.82) is 0 Å². The van der Waals surface area contributed by atoms with Gasteiger partial charge < -0.3 is 10.6 Å². The molecule has 2 atom stereocenters. The summed E-state index contributed by atoms with van der Waals surface area (Å²) in [5.74, 6) is 2.53. The van der Waals surface area contributed by atoms with Crippen LogP contribution in [-0.2, 0) is 0 Å². The van der Waals surface area contributed by atoms with E-state index in [0.717, 1.165) is 12.6 Å². The first kappa shape index (κ1) is 12.7. The van der Waals surface area contributed by atoms with E-state index in [1.807, 2.05) is 0 Å². The number of rotatable bonds is 3. The lowest BCUT2D eigenvalue weighted by atomic mass is 9.94. The van der Waals surface area contributed by atoms with Crippen LogP contribution in [-0.4, -0.2) is 66.1 Å². The van der Waals surface area contributed by atoms with Crippen molar-refractivity contribution in [2.45, 2.75) is 31.3 Å². The summed E-state index contributed by atoms with van der Waals surface area (Å²) in [4.78, 5) is 5.18. The van der Waals surface area contributed by atoms with Gasteiger partial charge in [-0.3, -0.25) is 4.90 Å². The summed E-state index contributed by atoms with van der Waals surface area (Å²) in [7, 11) is 2.25. The summed E-state index contributed by atoms with van der Waals surface area (Å²) in [5, 5.41) is 0. The van der Waals surface area contributed by atoms with Gasteiger partial charge in [0, 0.05) is 43.5 Å². The summed E-state index contributed by atoms with van der Waals surface area (Å²) in [6.07, 6.45) is 2.54. The number of nitrogens with zero attached hydrogens (tertiary/aromatic N) is 2. The number of hydrogen-bond acceptors (Lipinski definition) is 4. The molecule has 2 aliphatic heterocycles. The van der Waals surface area contributed by atoms with Gasteiger partial charge in [0.05, 0.1) is 0 Å². The van der Waals surface area contributed by atoms with Gasteiger partial charge in [-0.1, -0.05) is 6.92 Å². The number of hydrogen-bond donors (Lipinski definition) is 1. The zero-order valence-corrected chi connectivity index (χ0v) is 11.4. The molecule has 2 rings (SSSR count). The minimum atomic E-state index is 0.319. The Hall–Kier alpha value is 0.230. The first-order valence-corrected chi connectivity index (χ1v) is 7.60. The second kappa shape index (κ2) is 5.25. The van der Waals surface area contributed by atoms with Crippen molar-refractivity contribution < 1.29 is 0 Å². The highest BCUT2D eigenvalue weighted by molar-refractivity contribution is 7.99. The van der Waals surface area contributed by atoms with Gasteiger partial charge in [-0.25, -0.2) is 0 Å². The normalized spacial score (nSPS) is 38.1. The highest BCUT2D eigenvalue weighted by Gasteiger charge is 2.41. The van der Waals surface area contributed by atoms with Crippen LogP contribution < -0.4 is 5.73 Å². The number of thioether (sulfide) groups is 1. The van der Waals surface area contributed by atoms with E-state index in [2.05, 4.69) is 35.5 Å². The third-order valence-electron chi connectivity index (χ3n) is 4.38. The smallest absolute Gasteiger partial charge is 0.0430 e. The summed E-state index contributed by atoms with van der Waals surface area (Å²) >= 11 is 2.07. The van der Waals surface area contributed by atoms with E-state index in [1.54, 1.807) is 0 Å². The van der Waals surface area contributed by atoms with Crippen LogP contribution in [0.4, 0.5) is 0 Å². The van der Waals surface area contributed by atoms with Crippen molar-refractivity contribution in [3.05, 3.63) is 0 Å². The van der Waals surface area contributed by atoms with Gasteiger partial charge in [0.15, 0.2) is 0 Å². The van der Waals surface area contributed by atoms with Crippen molar-refractivity contribution in [3.63, 3.8) is 0 Å². The maximum Gasteiger partial charge on any atom is 0.0430 e. The molecule has 3 nitrogen and oxygen atoms in total. The van der Waals surface area contributed by atoms with Gasteiger partial charge in [-0.2, -0.15) is 11.8 Å². The molecule has 2 fully saturated rings. The Morgan fingerprint density at radius 1 is 1.44 bits per heavy atom. The zero-order chi connectivity index (χ0) is 11.6. The molecular formula is C12H25N3S. The van der Waals surface area contributed by atoms with Crippen molar-refractivity contribution in [2.24, 2.45) is 5.73 Å². The number of likely N-dealkylation sites (N-methyl/N-ethyl adjacent to an activating group) is 1. The first-order valence-electron chi connectivity index (χ1n) is 6.45. The molecule has 2 heterocycles. The maximum absolute atomic E-state index is 6.05. The SMILES string of the molecule is CCC1CN(C2(CN)CCSC2)CCN1C. The molecule has 94 valence electrons. The fourth-order valence-electron chi connectivity index (χ4n) is 2.95. The van der Waals surface area contributed by atoms with Crippen molar-refractivity contribution in [1.82, 2.24) is 9.80 Å². The Morgan fingerprint density at radius 2 is 2.25 bits per heavy atom. The molecule has 2 N–H and O–H groups in total. The molecule has 0 saturated carbocycles. The van der Waals surface area contributed by atoms with Crippen LogP contribution in [0.3, 0.4) is 0 Å². The topological polar surface area (TPSA) is 32.5 Å². The molecule has 4 heteroatoms. The van der Waals surface area contributed by atoms with Crippen molar-refractivity contribution >= 4 is 11.8 Å². The predicted molar refractivity (Wildman–Crippen MR) is 72.0 cm³/mol. The average Bonchev–Trinajstić information content (AvgIpc) is 2.79. The van der Waals surface area contributed by atoms with Crippen LogP contribution in [0.1, 0.15) is 19.8 Å². The highest BCUT2D eigenvalue weighted by Crippen LogP contribution is 2.34. The maximum atomic E-state index is 6.05. The van der Waals surface area contributed by atoms with Gasteiger partial charge in [0.25, 0.3) is 0 Å². The van der Waals surface area contributed by atoms with Crippen molar-refractivity contribution in [3.8, 4) is 0 Å². The van der Waals surface area contributed by atoms with Crippen molar-refractivity contribution in [2.75, 3.05) is 44.7 Å². The molecule has 0 radical (unpaired) electrons. The van der Waals surface area contributed by atoms with Crippen LogP contribution in [0.15, 0.2) is 0 Å². The van der Waals surface area contributed by atoms with Gasteiger partial charge >= 0.3 is 0 Å². The van der Waals surface area contributed by atoms with Crippen LogP contribution in [0.25, 0.3) is 0 Å². The number of piperazine rings is 1. The lowest BCUT2D eigenvalue weighted by Crippen LogP contribution is -2.62. The molecule has 0 aliphatic carbocycles. The Kier molecular flexibility index (Phi) is 4.16. The Bertz CT molecular complexity index is 228. The number of nitrogens with two attached hydrogens (primary N) is 1. The minimum absolute atomic E-state index is 0.319. The third kappa shape index (κ3) is 2.26. The quantitative estimate of drug-likeness (QED) is 0.796. The monoisotopic (exact) mass is 243 g/mol. The van der Waals surface area contributed by atoms with Gasteiger partial charge in [-0.05, 0) is 25.6 Å². The fraction of sp³-hybridized carbons (Fsp3) is 1.00. The van der Waals surface area contributed by atoms with E-state index in [4.69, 9.17) is 5.73 Å². The summed E-state index contributed by atoms with van der Waals surface area (Å²) in [6.45, 7) is 6.74. The molecule has 0 spiro atoms. The average molecular weight is 243 g/mol. The van der Waals surface area contributed by atoms with E-state index in [9.17, 15) is 0 Å². The van der Waals surface area contributed by atoms with Crippen LogP contribution in [0.5, 0.6) is 0 Å². The Balaban J connectivity index is 2.03. The summed E-state index contributed by atoms with van der Waals surface area (Å²) in [6, 6.07) is 0.725. The highest BCUT2D eigenvalue weighted by atomic mass is 32.2. The van der Waals surface area contributed by atoms with Crippen LogP contribution in [0.2, 0.25) is 0 Å². The van der Waals surface area contributed by atoms with Crippen LogP contribution in [0, 0.1) is 0 Å². The van der Waals surface area contributed by atoms with Gasteiger partial charge in [-0.15, -0.1) is 0 Å². The standard InChI is InChI=1S/C12H25N3S/c1-3-11-8-15(6-5-14(11)2)12(9-13)4-7-16-10-12/h11H,3-10,13H2,1-2H3. The fourth-order valence-corrected chi connectivity index (χ4v) is 4.45. The molecule has 2 saturated heterocycles. The lowest BCUT2D eigenvalue weighted by Gasteiger charge is -2.47. The van der Waals surface area contributed by atoms with E-state index in [0.29, 0.717) is 5.54 Å². The van der Waals surface area contributed by atoms with Crippen LogP contribution >= 0.6 is 11.8 Å². The first-order chi connectivity index (χ1) is 7.72. The minimum Gasteiger partial charge on any atom is -0.329 e. The van der Waals surface area contributed by atoms with Gasteiger partial charge in [0.1, 0.15) is 0 Å². The lowest BCUT2D eigenvalue weighted by molar-refractivity contribution is 0.0242. The molecular weight excluding hydrogens is 218 g/mol. The van der Waals surface area contributed by atoms with E-state index in [-0.39, 0.29) is 0 Å². The summed E-state index contributed by atoms with van der Waals surface area (Å²) in [5.41, 5.74) is 6.37. The third-order valence-corrected chi connectivity index (χ3v) is 5.62. The summed E-state index contributed by atoms with van der Waals surface area (Å²) < 4.78 is 0. The molecule has 2 unspecified atom stereocenters. The Labute approximate surface area is 104 Å².